The van der Waals surface area contributed by atoms with Crippen LogP contribution in [-0.4, -0.2) is 49.1 Å². The Balaban J connectivity index is 1.56. The third-order valence-corrected chi connectivity index (χ3v) is 6.19. The van der Waals surface area contributed by atoms with Crippen LogP contribution in [0, 0.1) is 0 Å². The molecule has 0 bridgehead atoms. The van der Waals surface area contributed by atoms with Crippen LogP contribution in [0.15, 0.2) is 67.3 Å². The Morgan fingerprint density at radius 3 is 2.69 bits per heavy atom. The predicted octanol–water partition coefficient (Wildman–Crippen LogP) is 3.72. The molecule has 1 aromatic carbocycles. The zero-order valence-electron chi connectivity index (χ0n) is 20.4. The summed E-state index contributed by atoms with van der Waals surface area (Å²) in [4.78, 5) is 43.9. The van der Waals surface area contributed by atoms with E-state index in [2.05, 4.69) is 28.8 Å². The van der Waals surface area contributed by atoms with E-state index >= 15 is 0 Å². The highest BCUT2D eigenvalue weighted by Gasteiger charge is 2.28. The van der Waals surface area contributed by atoms with Crippen molar-refractivity contribution in [2.75, 3.05) is 25.1 Å². The Bertz CT molecular complexity index is 1250. The van der Waals surface area contributed by atoms with Crippen molar-refractivity contribution in [1.82, 2.24) is 15.6 Å². The van der Waals surface area contributed by atoms with Crippen LogP contribution in [0.4, 0.5) is 10.5 Å². The van der Waals surface area contributed by atoms with Gasteiger partial charge in [0.05, 0.1) is 5.69 Å². The van der Waals surface area contributed by atoms with Crippen molar-refractivity contribution >= 4 is 23.6 Å². The van der Waals surface area contributed by atoms with Crippen molar-refractivity contribution in [3.05, 3.63) is 95.4 Å². The molecular weight excluding hydrogens is 456 g/mol. The van der Waals surface area contributed by atoms with Crippen molar-refractivity contribution in [2.24, 2.45) is 0 Å². The quantitative estimate of drug-likeness (QED) is 0.526. The topological polar surface area (TPSA) is 101 Å². The predicted molar refractivity (Wildman–Crippen MR) is 138 cm³/mol. The number of rotatable bonds is 9. The number of ether oxygens (including phenoxy) is 1. The number of nitrogens with zero attached hydrogens (tertiary/aromatic N) is 2. The maximum absolute atomic E-state index is 12.8. The molecule has 0 spiro atoms. The minimum absolute atomic E-state index is 0.113. The summed E-state index contributed by atoms with van der Waals surface area (Å²) in [6, 6.07) is 9.21. The molecule has 1 aliphatic carbocycles. The second-order valence-corrected chi connectivity index (χ2v) is 8.79. The number of allylic oxidation sites excluding steroid dienone is 2. The van der Waals surface area contributed by atoms with Gasteiger partial charge in [0, 0.05) is 37.3 Å². The second kappa shape index (κ2) is 11.0. The number of pyridine rings is 1. The molecule has 0 saturated heterocycles. The lowest BCUT2D eigenvalue weighted by atomic mass is 9.99. The molecule has 0 atom stereocenters. The van der Waals surface area contributed by atoms with Gasteiger partial charge in [-0.2, -0.15) is 0 Å². The minimum Gasteiger partial charge on any atom is -0.444 e. The first-order valence-electron chi connectivity index (χ1n) is 12.0. The van der Waals surface area contributed by atoms with E-state index in [0.717, 1.165) is 35.2 Å². The first-order chi connectivity index (χ1) is 17.4. The Morgan fingerprint density at radius 2 is 2.00 bits per heavy atom. The number of anilines is 1. The maximum atomic E-state index is 12.8. The SMILES string of the molecule is C=C/C=C(\C=C)COC(=O)N1CCc2c(Cc3cc(C(=O)NC4CC4)cc(C(=O)NC)n3)cccc21. The number of carbonyl (C=O) groups excluding carboxylic acids is 3. The van der Waals surface area contributed by atoms with E-state index in [4.69, 9.17) is 4.74 Å². The lowest BCUT2D eigenvalue weighted by Crippen LogP contribution is -2.30. The van der Waals surface area contributed by atoms with Crippen molar-refractivity contribution in [2.45, 2.75) is 31.7 Å². The summed E-state index contributed by atoms with van der Waals surface area (Å²) in [7, 11) is 1.53. The fourth-order valence-corrected chi connectivity index (χ4v) is 4.16. The van der Waals surface area contributed by atoms with Crippen molar-refractivity contribution in [3.63, 3.8) is 0 Å². The Kier molecular flexibility index (Phi) is 7.63. The lowest BCUT2D eigenvalue weighted by Gasteiger charge is -2.18. The first kappa shape index (κ1) is 24.9. The van der Waals surface area contributed by atoms with Crippen LogP contribution in [0.3, 0.4) is 0 Å². The van der Waals surface area contributed by atoms with Gasteiger partial charge in [0.1, 0.15) is 12.3 Å². The molecule has 2 heterocycles. The zero-order chi connectivity index (χ0) is 25.7. The van der Waals surface area contributed by atoms with Crippen molar-refractivity contribution in [3.8, 4) is 0 Å². The van der Waals surface area contributed by atoms with Crippen molar-refractivity contribution in [1.29, 1.82) is 0 Å². The average Bonchev–Trinajstić information content (AvgIpc) is 3.59. The number of fused-ring (bicyclic) bond motifs is 1. The number of carbonyl (C=O) groups is 3. The maximum Gasteiger partial charge on any atom is 0.414 e. The van der Waals surface area contributed by atoms with Crippen LogP contribution in [-0.2, 0) is 17.6 Å². The fourth-order valence-electron chi connectivity index (χ4n) is 4.16. The van der Waals surface area contributed by atoms with Gasteiger partial charge in [0.25, 0.3) is 11.8 Å². The van der Waals surface area contributed by atoms with E-state index < -0.39 is 6.09 Å². The first-order valence-corrected chi connectivity index (χ1v) is 12.0. The molecule has 1 saturated carbocycles. The average molecular weight is 487 g/mol. The van der Waals surface area contributed by atoms with Gasteiger partial charge >= 0.3 is 6.09 Å². The molecule has 0 unspecified atom stereocenters. The van der Waals surface area contributed by atoms with Crippen LogP contribution in [0.1, 0.15) is 50.5 Å². The van der Waals surface area contributed by atoms with Gasteiger partial charge in [-0.05, 0) is 54.2 Å². The number of hydrogen-bond donors (Lipinski definition) is 2. The van der Waals surface area contributed by atoms with E-state index in [1.807, 2.05) is 18.2 Å². The summed E-state index contributed by atoms with van der Waals surface area (Å²) in [6.07, 6.45) is 7.60. The molecule has 2 N–H and O–H groups in total. The van der Waals surface area contributed by atoms with Crippen molar-refractivity contribution < 1.29 is 19.1 Å². The Hall–Kier alpha value is -4.20. The molecule has 8 nitrogen and oxygen atoms in total. The van der Waals surface area contributed by atoms with Crippen LogP contribution in [0.5, 0.6) is 0 Å². The number of amides is 3. The van der Waals surface area contributed by atoms with Gasteiger partial charge < -0.3 is 15.4 Å². The molecule has 2 aliphatic rings. The molecule has 1 aliphatic heterocycles. The van der Waals surface area contributed by atoms with E-state index in [1.165, 1.54) is 13.1 Å². The number of aromatic nitrogens is 1. The third kappa shape index (κ3) is 5.71. The van der Waals surface area contributed by atoms with Gasteiger partial charge in [-0.15, -0.1) is 0 Å². The van der Waals surface area contributed by atoms with Gasteiger partial charge in [-0.25, -0.2) is 9.78 Å². The summed E-state index contributed by atoms with van der Waals surface area (Å²) in [5.41, 5.74) is 4.77. The second-order valence-electron chi connectivity index (χ2n) is 8.79. The molecule has 0 radical (unpaired) electrons. The summed E-state index contributed by atoms with van der Waals surface area (Å²) >= 11 is 0. The van der Waals surface area contributed by atoms with Gasteiger partial charge in [-0.3, -0.25) is 14.5 Å². The summed E-state index contributed by atoms with van der Waals surface area (Å²) in [5.74, 6) is -0.558. The van der Waals surface area contributed by atoms with E-state index in [9.17, 15) is 14.4 Å². The summed E-state index contributed by atoms with van der Waals surface area (Å²) in [5, 5.41) is 5.54. The smallest absolute Gasteiger partial charge is 0.414 e. The molecule has 4 rings (SSSR count). The number of hydrogen-bond acceptors (Lipinski definition) is 5. The lowest BCUT2D eigenvalue weighted by molar-refractivity contribution is 0.0950. The number of benzene rings is 1. The highest BCUT2D eigenvalue weighted by Crippen LogP contribution is 2.32. The molecule has 1 fully saturated rings. The summed E-state index contributed by atoms with van der Waals surface area (Å²) in [6.45, 7) is 7.99. The molecule has 8 heteroatoms. The van der Waals surface area contributed by atoms with E-state index in [0.29, 0.717) is 30.6 Å². The molecule has 1 aromatic heterocycles. The van der Waals surface area contributed by atoms with Crippen LogP contribution in [0.2, 0.25) is 0 Å². The fraction of sp³-hybridized carbons (Fsp3) is 0.286. The van der Waals surface area contributed by atoms with E-state index in [-0.39, 0.29) is 30.2 Å². The normalized spacial score (nSPS) is 14.6. The largest absolute Gasteiger partial charge is 0.444 e. The summed E-state index contributed by atoms with van der Waals surface area (Å²) < 4.78 is 5.48. The number of nitrogens with one attached hydrogen (secondary N) is 2. The molecule has 36 heavy (non-hydrogen) atoms. The van der Waals surface area contributed by atoms with Crippen LogP contribution < -0.4 is 15.5 Å². The Morgan fingerprint density at radius 1 is 1.19 bits per heavy atom. The molecule has 2 aromatic rings. The standard InChI is InChI=1S/C28H30N4O4/c1-4-7-18(5-2)17-36-28(35)32-13-12-23-19(8-6-9-25(23)32)14-22-15-20(26(33)31-21-10-11-21)16-24(30-22)27(34)29-3/h4-9,15-16,21H,1-2,10-14,17H2,3H3,(H,29,34)(H,31,33)/b18-7+. The van der Waals surface area contributed by atoms with Gasteiger partial charge in [0.2, 0.25) is 0 Å². The van der Waals surface area contributed by atoms with Crippen LogP contribution >= 0.6 is 0 Å². The molecule has 3 amide bonds. The molecule has 186 valence electrons. The molecular formula is C28H30N4O4. The highest BCUT2D eigenvalue weighted by molar-refractivity contribution is 5.99. The van der Waals surface area contributed by atoms with Crippen LogP contribution in [0.25, 0.3) is 0 Å². The third-order valence-electron chi connectivity index (χ3n) is 6.19. The Labute approximate surface area is 210 Å². The van der Waals surface area contributed by atoms with Gasteiger partial charge in [-0.1, -0.05) is 43.5 Å². The van der Waals surface area contributed by atoms with Gasteiger partial charge in [0.15, 0.2) is 0 Å². The van der Waals surface area contributed by atoms with E-state index in [1.54, 1.807) is 29.2 Å². The minimum atomic E-state index is -0.429. The highest BCUT2D eigenvalue weighted by atomic mass is 16.6. The zero-order valence-corrected chi connectivity index (χ0v) is 20.4. The monoisotopic (exact) mass is 486 g/mol.